The van der Waals surface area contributed by atoms with E-state index in [0.717, 1.165) is 28.6 Å². The zero-order valence-electron chi connectivity index (χ0n) is 15.7. The van der Waals surface area contributed by atoms with Crippen LogP contribution in [0.1, 0.15) is 17.5 Å². The number of benzene rings is 2. The van der Waals surface area contributed by atoms with E-state index in [1.165, 1.54) is 7.11 Å². The second-order valence-electron chi connectivity index (χ2n) is 5.61. The Kier molecular flexibility index (Phi) is 8.20. The average Bonchev–Trinajstić information content (AvgIpc) is 2.72. The lowest BCUT2D eigenvalue weighted by Crippen LogP contribution is -2.04. The van der Waals surface area contributed by atoms with Gasteiger partial charge in [0.05, 0.1) is 33.5 Å². The van der Waals surface area contributed by atoms with Crippen LogP contribution in [0, 0.1) is 0 Å². The van der Waals surface area contributed by atoms with Gasteiger partial charge in [-0.15, -0.1) is 0 Å². The number of hydrogen-bond donors (Lipinski definition) is 0. The maximum atomic E-state index is 12.3. The number of rotatable bonds is 9. The first-order chi connectivity index (χ1) is 13.1. The standard InChI is InChI=1S/C21H23BrO5/c1-24-18-11-15(12-19(14-18)25-2)13-20(21(23)26-3)16-5-7-17(8-6-16)27-10-4-9-22/h5-8,11-14H,4,9-10H2,1-3H3. The van der Waals surface area contributed by atoms with E-state index in [4.69, 9.17) is 18.9 Å². The Balaban J connectivity index is 2.35. The molecule has 0 saturated carbocycles. The van der Waals surface area contributed by atoms with Crippen LogP contribution in [0.25, 0.3) is 11.6 Å². The van der Waals surface area contributed by atoms with E-state index in [1.54, 1.807) is 26.4 Å². The zero-order chi connectivity index (χ0) is 19.6. The van der Waals surface area contributed by atoms with Gasteiger partial charge in [-0.25, -0.2) is 4.79 Å². The highest BCUT2D eigenvalue weighted by Gasteiger charge is 2.13. The maximum Gasteiger partial charge on any atom is 0.338 e. The minimum absolute atomic E-state index is 0.426. The average molecular weight is 435 g/mol. The van der Waals surface area contributed by atoms with Crippen molar-refractivity contribution >= 4 is 33.5 Å². The first kappa shape index (κ1) is 20.8. The topological polar surface area (TPSA) is 54.0 Å². The summed E-state index contributed by atoms with van der Waals surface area (Å²) in [4.78, 5) is 12.3. The van der Waals surface area contributed by atoms with E-state index in [9.17, 15) is 4.79 Å². The summed E-state index contributed by atoms with van der Waals surface area (Å²) in [5.41, 5.74) is 1.93. The Labute approximate surface area is 168 Å². The normalized spacial score (nSPS) is 11.0. The number of alkyl halides is 1. The van der Waals surface area contributed by atoms with Gasteiger partial charge in [0, 0.05) is 11.4 Å². The second kappa shape index (κ2) is 10.6. The lowest BCUT2D eigenvalue weighted by molar-refractivity contribution is -0.133. The number of hydrogen-bond acceptors (Lipinski definition) is 5. The van der Waals surface area contributed by atoms with E-state index in [2.05, 4.69) is 15.9 Å². The highest BCUT2D eigenvalue weighted by atomic mass is 79.9. The molecule has 0 aliphatic rings. The third kappa shape index (κ3) is 6.03. The molecule has 2 rings (SSSR count). The van der Waals surface area contributed by atoms with Crippen molar-refractivity contribution in [2.45, 2.75) is 6.42 Å². The third-order valence-electron chi connectivity index (χ3n) is 3.80. The lowest BCUT2D eigenvalue weighted by atomic mass is 10.0. The largest absolute Gasteiger partial charge is 0.497 e. The highest BCUT2D eigenvalue weighted by molar-refractivity contribution is 9.09. The van der Waals surface area contributed by atoms with Crippen LogP contribution in [-0.2, 0) is 9.53 Å². The summed E-state index contributed by atoms with van der Waals surface area (Å²) in [6.45, 7) is 0.633. The van der Waals surface area contributed by atoms with Gasteiger partial charge in [-0.3, -0.25) is 0 Å². The Morgan fingerprint density at radius 1 is 0.963 bits per heavy atom. The zero-order valence-corrected chi connectivity index (χ0v) is 17.2. The van der Waals surface area contributed by atoms with Crippen molar-refractivity contribution in [1.82, 2.24) is 0 Å². The molecule has 0 unspecified atom stereocenters. The van der Waals surface area contributed by atoms with Crippen LogP contribution in [-0.4, -0.2) is 39.2 Å². The van der Waals surface area contributed by atoms with Crippen molar-refractivity contribution in [2.75, 3.05) is 33.3 Å². The van der Waals surface area contributed by atoms with E-state index in [1.807, 2.05) is 36.4 Å². The number of ether oxygens (including phenoxy) is 4. The highest BCUT2D eigenvalue weighted by Crippen LogP contribution is 2.27. The predicted octanol–water partition coefficient (Wildman–Crippen LogP) is 4.58. The van der Waals surface area contributed by atoms with Gasteiger partial charge in [0.1, 0.15) is 17.2 Å². The van der Waals surface area contributed by atoms with Crippen molar-refractivity contribution in [3.05, 3.63) is 53.6 Å². The second-order valence-corrected chi connectivity index (χ2v) is 6.40. The molecule has 0 radical (unpaired) electrons. The van der Waals surface area contributed by atoms with E-state index in [0.29, 0.717) is 23.7 Å². The molecular weight excluding hydrogens is 412 g/mol. The van der Waals surface area contributed by atoms with Gasteiger partial charge in [0.15, 0.2) is 0 Å². The monoisotopic (exact) mass is 434 g/mol. The molecule has 0 heterocycles. The number of esters is 1. The van der Waals surface area contributed by atoms with Gasteiger partial charge in [-0.05, 0) is 47.9 Å². The third-order valence-corrected chi connectivity index (χ3v) is 4.36. The van der Waals surface area contributed by atoms with Crippen LogP contribution in [0.3, 0.4) is 0 Å². The van der Waals surface area contributed by atoms with Crippen LogP contribution in [0.15, 0.2) is 42.5 Å². The first-order valence-corrected chi connectivity index (χ1v) is 9.55. The number of methoxy groups -OCH3 is 3. The summed E-state index contributed by atoms with van der Waals surface area (Å²) in [6.07, 6.45) is 2.67. The fraction of sp³-hybridized carbons (Fsp3) is 0.286. The van der Waals surface area contributed by atoms with Crippen LogP contribution in [0.5, 0.6) is 17.2 Å². The molecule has 27 heavy (non-hydrogen) atoms. The molecule has 0 fully saturated rings. The molecule has 0 N–H and O–H groups in total. The predicted molar refractivity (Wildman–Crippen MR) is 110 cm³/mol. The molecule has 0 aromatic heterocycles. The summed E-state index contributed by atoms with van der Waals surface area (Å²) in [6, 6.07) is 12.8. The van der Waals surface area contributed by atoms with Crippen molar-refractivity contribution in [3.63, 3.8) is 0 Å². The molecular formula is C21H23BrO5. The molecule has 2 aromatic rings. The molecule has 5 nitrogen and oxygen atoms in total. The van der Waals surface area contributed by atoms with E-state index >= 15 is 0 Å². The number of carbonyl (C=O) groups is 1. The Morgan fingerprint density at radius 2 is 1.59 bits per heavy atom. The Morgan fingerprint density at radius 3 is 2.11 bits per heavy atom. The summed E-state index contributed by atoms with van der Waals surface area (Å²) in [5, 5.41) is 0.893. The molecule has 2 aromatic carbocycles. The summed E-state index contributed by atoms with van der Waals surface area (Å²) in [7, 11) is 4.52. The smallest absolute Gasteiger partial charge is 0.338 e. The molecule has 0 atom stereocenters. The number of halogens is 1. The molecule has 0 saturated heterocycles. The fourth-order valence-electron chi connectivity index (χ4n) is 2.42. The van der Waals surface area contributed by atoms with Crippen molar-refractivity contribution in [1.29, 1.82) is 0 Å². The molecule has 0 aliphatic heterocycles. The molecule has 144 valence electrons. The minimum Gasteiger partial charge on any atom is -0.497 e. The van der Waals surface area contributed by atoms with Gasteiger partial charge < -0.3 is 18.9 Å². The quantitative estimate of drug-likeness (QED) is 0.190. The van der Waals surface area contributed by atoms with Crippen molar-refractivity contribution < 1.29 is 23.7 Å². The SMILES string of the molecule is COC(=O)C(=Cc1cc(OC)cc(OC)c1)c1ccc(OCCCBr)cc1. The maximum absolute atomic E-state index is 12.3. The Hall–Kier alpha value is -2.47. The van der Waals surface area contributed by atoms with Gasteiger partial charge in [-0.2, -0.15) is 0 Å². The first-order valence-electron chi connectivity index (χ1n) is 8.43. The van der Waals surface area contributed by atoms with E-state index < -0.39 is 5.97 Å². The van der Waals surface area contributed by atoms with Crippen molar-refractivity contribution in [3.8, 4) is 17.2 Å². The van der Waals surface area contributed by atoms with Crippen LogP contribution in [0.4, 0.5) is 0 Å². The van der Waals surface area contributed by atoms with Gasteiger partial charge in [0.25, 0.3) is 0 Å². The fourth-order valence-corrected chi connectivity index (χ4v) is 2.65. The van der Waals surface area contributed by atoms with Crippen LogP contribution < -0.4 is 14.2 Å². The molecule has 0 spiro atoms. The summed E-state index contributed by atoms with van der Waals surface area (Å²) in [5.74, 6) is 1.61. The van der Waals surface area contributed by atoms with Gasteiger partial charge >= 0.3 is 5.97 Å². The Bertz CT molecular complexity index is 761. The van der Waals surface area contributed by atoms with Gasteiger partial charge in [0.2, 0.25) is 0 Å². The number of carbonyl (C=O) groups excluding carboxylic acids is 1. The molecule has 0 bridgehead atoms. The van der Waals surface area contributed by atoms with E-state index in [-0.39, 0.29) is 0 Å². The summed E-state index contributed by atoms with van der Waals surface area (Å²) >= 11 is 3.37. The molecule has 6 heteroatoms. The molecule has 0 amide bonds. The molecule has 0 aliphatic carbocycles. The van der Waals surface area contributed by atoms with Crippen LogP contribution >= 0.6 is 15.9 Å². The summed E-state index contributed by atoms with van der Waals surface area (Å²) < 4.78 is 21.2. The lowest BCUT2D eigenvalue weighted by Gasteiger charge is -2.10. The minimum atomic E-state index is -0.426. The van der Waals surface area contributed by atoms with Crippen molar-refractivity contribution in [2.24, 2.45) is 0 Å². The van der Waals surface area contributed by atoms with Gasteiger partial charge in [-0.1, -0.05) is 28.1 Å². The van der Waals surface area contributed by atoms with Crippen LogP contribution in [0.2, 0.25) is 0 Å².